The van der Waals surface area contributed by atoms with Crippen LogP contribution in [0.3, 0.4) is 0 Å². The van der Waals surface area contributed by atoms with E-state index in [0.29, 0.717) is 11.8 Å². The molecule has 6 aromatic carbocycles. The van der Waals surface area contributed by atoms with Gasteiger partial charge in [0, 0.05) is 17.3 Å². The maximum absolute atomic E-state index is 6.58. The van der Waals surface area contributed by atoms with Crippen LogP contribution in [0.5, 0.6) is 0 Å². The predicted octanol–water partition coefficient (Wildman–Crippen LogP) is 11.7. The zero-order chi connectivity index (χ0) is 31.1. The number of rotatable bonds is 6. The Kier molecular flexibility index (Phi) is 7.33. The molecule has 0 aliphatic carbocycles. The number of fused-ring (bicyclic) bond motifs is 4. The van der Waals surface area contributed by atoms with Gasteiger partial charge in [0.1, 0.15) is 5.52 Å². The van der Waals surface area contributed by atoms with E-state index in [1.165, 1.54) is 38.2 Å². The third-order valence-corrected chi connectivity index (χ3v) is 8.52. The Morgan fingerprint density at radius 3 is 2.27 bits per heavy atom. The molecule has 0 fully saturated rings. The van der Waals surface area contributed by atoms with Gasteiger partial charge in [-0.15, -0.1) is 0 Å². The summed E-state index contributed by atoms with van der Waals surface area (Å²) in [6, 6.07) is 40.7. The number of aliphatic imine (C=N–C) groups is 1. The average molecular weight is 587 g/mol. The van der Waals surface area contributed by atoms with Crippen LogP contribution in [0, 0.1) is 5.92 Å². The molecule has 0 aliphatic rings. The van der Waals surface area contributed by atoms with Crippen LogP contribution in [0.15, 0.2) is 125 Å². The van der Waals surface area contributed by atoms with Crippen molar-refractivity contribution in [2.45, 2.75) is 46.5 Å². The minimum Gasteiger partial charge on any atom is -0.436 e. The highest BCUT2D eigenvalue weighted by Gasteiger charge is 2.21. The fraction of sp³-hybridized carbons (Fsp3) is 0.190. The lowest BCUT2D eigenvalue weighted by Crippen LogP contribution is -2.11. The molecule has 7 aromatic rings. The van der Waals surface area contributed by atoms with Crippen molar-refractivity contribution in [2.75, 3.05) is 0 Å². The summed E-state index contributed by atoms with van der Waals surface area (Å²) in [6.45, 7) is 11.2. The van der Waals surface area contributed by atoms with Crippen LogP contribution >= 0.6 is 0 Å². The number of benzene rings is 6. The Labute approximate surface area is 265 Å². The summed E-state index contributed by atoms with van der Waals surface area (Å²) in [5.41, 5.74) is 9.20. The van der Waals surface area contributed by atoms with Gasteiger partial charge < -0.3 is 4.42 Å². The van der Waals surface area contributed by atoms with Gasteiger partial charge in [-0.1, -0.05) is 120 Å². The maximum Gasteiger partial charge on any atom is 0.229 e. The van der Waals surface area contributed by atoms with E-state index in [-0.39, 0.29) is 5.41 Å². The lowest BCUT2D eigenvalue weighted by Gasteiger charge is -2.20. The summed E-state index contributed by atoms with van der Waals surface area (Å²) in [4.78, 5) is 10.2. The van der Waals surface area contributed by atoms with Crippen molar-refractivity contribution in [3.63, 3.8) is 0 Å². The SMILES string of the molecule is CC(C)Cc1cccc(-c2cc(C(C)(C)C)cc3oc(-c4ccccc4N=Cc4cc5ccccc5c5ccccc45)nc23)c1. The monoisotopic (exact) mass is 586 g/mol. The molecule has 0 atom stereocenters. The van der Waals surface area contributed by atoms with E-state index >= 15 is 0 Å². The summed E-state index contributed by atoms with van der Waals surface area (Å²) in [6.07, 6.45) is 3.01. The largest absolute Gasteiger partial charge is 0.436 e. The molecule has 0 spiro atoms. The van der Waals surface area contributed by atoms with Gasteiger partial charge in [-0.05, 0) is 86.3 Å². The molecule has 3 heteroatoms. The smallest absolute Gasteiger partial charge is 0.229 e. The van der Waals surface area contributed by atoms with E-state index in [1.54, 1.807) is 0 Å². The summed E-state index contributed by atoms with van der Waals surface area (Å²) < 4.78 is 6.58. The molecule has 0 saturated carbocycles. The van der Waals surface area contributed by atoms with Crippen LogP contribution in [0.1, 0.15) is 51.3 Å². The summed E-state index contributed by atoms with van der Waals surface area (Å²) in [5, 5.41) is 4.85. The highest BCUT2D eigenvalue weighted by molar-refractivity contribution is 6.14. The second-order valence-corrected chi connectivity index (χ2v) is 13.4. The molecule has 1 heterocycles. The van der Waals surface area contributed by atoms with Gasteiger partial charge in [0.05, 0.1) is 11.3 Å². The summed E-state index contributed by atoms with van der Waals surface area (Å²) >= 11 is 0. The Bertz CT molecular complexity index is 2210. The molecule has 0 amide bonds. The van der Waals surface area contributed by atoms with Crippen LogP contribution in [0.4, 0.5) is 5.69 Å². The van der Waals surface area contributed by atoms with Crippen molar-refractivity contribution in [1.82, 2.24) is 4.98 Å². The first-order chi connectivity index (χ1) is 21.7. The lowest BCUT2D eigenvalue weighted by molar-refractivity contribution is 0.584. The van der Waals surface area contributed by atoms with E-state index in [4.69, 9.17) is 14.4 Å². The first-order valence-electron chi connectivity index (χ1n) is 15.8. The number of hydrogen-bond acceptors (Lipinski definition) is 3. The molecule has 0 radical (unpaired) electrons. The topological polar surface area (TPSA) is 38.4 Å². The number of oxazole rings is 1. The van der Waals surface area contributed by atoms with Crippen molar-refractivity contribution >= 4 is 44.5 Å². The van der Waals surface area contributed by atoms with E-state index in [2.05, 4.69) is 126 Å². The van der Waals surface area contributed by atoms with Gasteiger partial charge in [0.15, 0.2) is 5.58 Å². The third-order valence-electron chi connectivity index (χ3n) is 8.52. The van der Waals surface area contributed by atoms with Crippen molar-refractivity contribution in [3.8, 4) is 22.6 Å². The first kappa shape index (κ1) is 28.7. The van der Waals surface area contributed by atoms with Gasteiger partial charge in [0.25, 0.3) is 0 Å². The van der Waals surface area contributed by atoms with E-state index in [0.717, 1.165) is 39.9 Å². The third kappa shape index (κ3) is 5.67. The van der Waals surface area contributed by atoms with Crippen LogP contribution in [0.2, 0.25) is 0 Å². The zero-order valence-corrected chi connectivity index (χ0v) is 26.6. The molecule has 7 rings (SSSR count). The van der Waals surface area contributed by atoms with Crippen LogP contribution < -0.4 is 0 Å². The molecule has 1 aromatic heterocycles. The zero-order valence-electron chi connectivity index (χ0n) is 26.6. The average Bonchev–Trinajstić information content (AvgIpc) is 3.47. The Balaban J connectivity index is 1.35. The number of hydrogen-bond donors (Lipinski definition) is 0. The van der Waals surface area contributed by atoms with Gasteiger partial charge in [-0.2, -0.15) is 0 Å². The van der Waals surface area contributed by atoms with Gasteiger partial charge >= 0.3 is 0 Å². The highest BCUT2D eigenvalue weighted by Crippen LogP contribution is 2.39. The standard InChI is InChI=1S/C42H38N2O/c1-27(2)21-28-13-12-15-29(22-28)37-24-32(42(3,4)5)25-39-40(37)44-41(45-39)36-19-10-11-20-38(36)43-26-31-23-30-14-6-7-16-33(30)35-18-9-8-17-34(31)35/h6-20,22-27H,21H2,1-5H3. The fourth-order valence-corrected chi connectivity index (χ4v) is 6.23. The molecule has 45 heavy (non-hydrogen) atoms. The van der Waals surface area contributed by atoms with Gasteiger partial charge in [0.2, 0.25) is 5.89 Å². The summed E-state index contributed by atoms with van der Waals surface area (Å²) in [7, 11) is 0. The Hall–Kier alpha value is -5.02. The van der Waals surface area contributed by atoms with E-state index in [9.17, 15) is 0 Å². The summed E-state index contributed by atoms with van der Waals surface area (Å²) in [5.74, 6) is 1.16. The predicted molar refractivity (Wildman–Crippen MR) is 191 cm³/mol. The van der Waals surface area contributed by atoms with E-state index < -0.39 is 0 Å². The molecule has 0 bridgehead atoms. The molecule has 0 unspecified atom stereocenters. The highest BCUT2D eigenvalue weighted by atomic mass is 16.3. The molecule has 222 valence electrons. The molecule has 0 saturated heterocycles. The van der Waals surface area contributed by atoms with Crippen LogP contribution in [-0.4, -0.2) is 11.2 Å². The molecule has 0 N–H and O–H groups in total. The van der Waals surface area contributed by atoms with Gasteiger partial charge in [-0.25, -0.2) is 4.98 Å². The normalized spacial score (nSPS) is 12.3. The Morgan fingerprint density at radius 2 is 1.47 bits per heavy atom. The minimum absolute atomic E-state index is 0.0454. The number of aromatic nitrogens is 1. The second-order valence-electron chi connectivity index (χ2n) is 13.4. The maximum atomic E-state index is 6.58. The molecule has 0 aliphatic heterocycles. The number of nitrogens with zero attached hydrogens (tertiary/aromatic N) is 2. The van der Waals surface area contributed by atoms with Gasteiger partial charge in [-0.3, -0.25) is 4.99 Å². The Morgan fingerprint density at radius 1 is 0.733 bits per heavy atom. The second kappa shape index (κ2) is 11.5. The fourth-order valence-electron chi connectivity index (χ4n) is 6.23. The quantitative estimate of drug-likeness (QED) is 0.144. The first-order valence-corrected chi connectivity index (χ1v) is 15.8. The van der Waals surface area contributed by atoms with Crippen molar-refractivity contribution in [3.05, 3.63) is 132 Å². The van der Waals surface area contributed by atoms with E-state index in [1.807, 2.05) is 30.5 Å². The van der Waals surface area contributed by atoms with Crippen molar-refractivity contribution in [1.29, 1.82) is 0 Å². The number of para-hydroxylation sites is 1. The van der Waals surface area contributed by atoms with Crippen LogP contribution in [0.25, 0.3) is 55.2 Å². The molecule has 3 nitrogen and oxygen atoms in total. The van der Waals surface area contributed by atoms with Crippen LogP contribution in [-0.2, 0) is 11.8 Å². The van der Waals surface area contributed by atoms with Crippen molar-refractivity contribution in [2.24, 2.45) is 10.9 Å². The molecular weight excluding hydrogens is 548 g/mol. The molecular formula is C42H38N2O. The minimum atomic E-state index is -0.0454. The lowest BCUT2D eigenvalue weighted by atomic mass is 9.84. The van der Waals surface area contributed by atoms with Crippen molar-refractivity contribution < 1.29 is 4.42 Å².